The number of rotatable bonds is 8. The molecule has 33 heavy (non-hydrogen) atoms. The summed E-state index contributed by atoms with van der Waals surface area (Å²) in [6.07, 6.45) is 2.82. The number of aryl methyl sites for hydroxylation is 1. The average molecular weight is 485 g/mol. The molecule has 2 amide bonds. The number of esters is 1. The number of nitrogens with one attached hydrogen (secondary N) is 1. The van der Waals surface area contributed by atoms with Crippen molar-refractivity contribution in [2.45, 2.75) is 24.3 Å². The van der Waals surface area contributed by atoms with Crippen molar-refractivity contribution in [3.63, 3.8) is 0 Å². The third kappa shape index (κ3) is 5.93. The van der Waals surface area contributed by atoms with E-state index in [-0.39, 0.29) is 21.9 Å². The van der Waals surface area contributed by atoms with Crippen LogP contribution in [0.4, 0.5) is 8.78 Å². The van der Waals surface area contributed by atoms with Crippen molar-refractivity contribution in [3.8, 4) is 5.75 Å². The lowest BCUT2D eigenvalue weighted by molar-refractivity contribution is -0.123. The molecule has 0 unspecified atom stereocenters. The molecular weight excluding hydrogens is 464 g/mol. The van der Waals surface area contributed by atoms with Crippen molar-refractivity contribution in [2.24, 2.45) is 7.05 Å². The fourth-order valence-corrected chi connectivity index (χ4v) is 4.77. The number of aromatic nitrogens is 1. The third-order valence-electron chi connectivity index (χ3n) is 4.82. The van der Waals surface area contributed by atoms with Crippen LogP contribution in [-0.4, -0.2) is 61.4 Å². The first-order chi connectivity index (χ1) is 15.6. The van der Waals surface area contributed by atoms with Gasteiger partial charge in [-0.25, -0.2) is 13.2 Å². The van der Waals surface area contributed by atoms with Gasteiger partial charge in [-0.05, 0) is 43.2 Å². The van der Waals surface area contributed by atoms with E-state index in [9.17, 15) is 31.6 Å². The SMILES string of the molecule is Cn1cc(S(=O)(=O)N2CCCC2)cc1C(=O)OCC(=O)NC(=O)c1ccc(OC(F)F)cc1. The van der Waals surface area contributed by atoms with E-state index in [1.165, 1.54) is 40.3 Å². The summed E-state index contributed by atoms with van der Waals surface area (Å²) < 4.78 is 61.2. The number of carbonyl (C=O) groups is 3. The molecular formula is C20H21F2N3O7S. The van der Waals surface area contributed by atoms with Crippen molar-refractivity contribution < 1.29 is 41.1 Å². The van der Waals surface area contributed by atoms with E-state index in [1.54, 1.807) is 0 Å². The van der Waals surface area contributed by atoms with Crippen molar-refractivity contribution in [3.05, 3.63) is 47.8 Å². The second kappa shape index (κ2) is 10.1. The first kappa shape index (κ1) is 24.3. The first-order valence-electron chi connectivity index (χ1n) is 9.80. The Labute approximate surface area is 188 Å². The van der Waals surface area contributed by atoms with Crippen LogP contribution in [0.25, 0.3) is 0 Å². The van der Waals surface area contributed by atoms with Gasteiger partial charge in [0.15, 0.2) is 6.61 Å². The maximum atomic E-state index is 12.6. The van der Waals surface area contributed by atoms with Gasteiger partial charge in [-0.2, -0.15) is 13.1 Å². The topological polar surface area (TPSA) is 124 Å². The molecule has 1 N–H and O–H groups in total. The molecule has 0 aliphatic carbocycles. The number of nitrogens with zero attached hydrogens (tertiary/aromatic N) is 2. The van der Waals surface area contributed by atoms with Crippen LogP contribution in [0.1, 0.15) is 33.7 Å². The molecule has 1 aromatic carbocycles. The number of imide groups is 1. The van der Waals surface area contributed by atoms with Gasteiger partial charge in [0.1, 0.15) is 16.3 Å². The molecule has 178 valence electrons. The Bertz CT molecular complexity index is 1140. The number of ether oxygens (including phenoxy) is 2. The van der Waals surface area contributed by atoms with Gasteiger partial charge in [0, 0.05) is 31.9 Å². The van der Waals surface area contributed by atoms with E-state index in [2.05, 4.69) is 4.74 Å². The third-order valence-corrected chi connectivity index (χ3v) is 6.68. The highest BCUT2D eigenvalue weighted by molar-refractivity contribution is 7.89. The minimum absolute atomic E-state index is 0.00418. The second-order valence-corrected chi connectivity index (χ2v) is 9.08. The molecule has 0 spiro atoms. The van der Waals surface area contributed by atoms with Crippen molar-refractivity contribution in [1.29, 1.82) is 0 Å². The van der Waals surface area contributed by atoms with E-state index in [0.717, 1.165) is 25.0 Å². The van der Waals surface area contributed by atoms with Crippen LogP contribution in [0, 0.1) is 0 Å². The standard InChI is InChI=1S/C20H21F2N3O7S/c1-24-11-15(33(29,30)25-8-2-3-9-25)10-16(24)19(28)31-12-17(26)23-18(27)13-4-6-14(7-5-13)32-20(21)22/h4-7,10-11,20H,2-3,8-9,12H2,1H3,(H,23,26,27). The minimum atomic E-state index is -3.73. The molecule has 2 heterocycles. The summed E-state index contributed by atoms with van der Waals surface area (Å²) in [5, 5.41) is 1.99. The predicted molar refractivity (Wildman–Crippen MR) is 109 cm³/mol. The van der Waals surface area contributed by atoms with E-state index >= 15 is 0 Å². The normalized spacial score (nSPS) is 14.3. The molecule has 1 aliphatic rings. The lowest BCUT2D eigenvalue weighted by Gasteiger charge is -2.13. The van der Waals surface area contributed by atoms with Crippen LogP contribution in [0.5, 0.6) is 5.75 Å². The van der Waals surface area contributed by atoms with Gasteiger partial charge < -0.3 is 14.0 Å². The van der Waals surface area contributed by atoms with Gasteiger partial charge in [-0.1, -0.05) is 0 Å². The molecule has 2 aromatic rings. The number of amides is 2. The smallest absolute Gasteiger partial charge is 0.387 e. The van der Waals surface area contributed by atoms with Gasteiger partial charge >= 0.3 is 12.6 Å². The molecule has 3 rings (SSSR count). The number of hydrogen-bond acceptors (Lipinski definition) is 7. The molecule has 1 aromatic heterocycles. The zero-order valence-electron chi connectivity index (χ0n) is 17.5. The monoisotopic (exact) mass is 485 g/mol. The molecule has 0 atom stereocenters. The minimum Gasteiger partial charge on any atom is -0.451 e. The van der Waals surface area contributed by atoms with E-state index < -0.39 is 41.0 Å². The largest absolute Gasteiger partial charge is 0.451 e. The lowest BCUT2D eigenvalue weighted by atomic mass is 10.2. The average Bonchev–Trinajstić information content (AvgIpc) is 3.43. The summed E-state index contributed by atoms with van der Waals surface area (Å²) in [5.74, 6) is -2.87. The van der Waals surface area contributed by atoms with E-state index in [4.69, 9.17) is 4.74 Å². The van der Waals surface area contributed by atoms with Crippen molar-refractivity contribution in [1.82, 2.24) is 14.2 Å². The van der Waals surface area contributed by atoms with Gasteiger partial charge in [-0.15, -0.1) is 0 Å². The van der Waals surface area contributed by atoms with Gasteiger partial charge in [0.25, 0.3) is 11.8 Å². The molecule has 1 fully saturated rings. The maximum absolute atomic E-state index is 12.6. The number of halogens is 2. The Morgan fingerprint density at radius 2 is 1.76 bits per heavy atom. The first-order valence-corrected chi connectivity index (χ1v) is 11.2. The molecule has 0 bridgehead atoms. The maximum Gasteiger partial charge on any atom is 0.387 e. The Hall–Kier alpha value is -3.32. The highest BCUT2D eigenvalue weighted by Crippen LogP contribution is 2.23. The Balaban J connectivity index is 1.55. The Morgan fingerprint density at radius 1 is 1.12 bits per heavy atom. The number of alkyl halides is 2. The predicted octanol–water partition coefficient (Wildman–Crippen LogP) is 1.52. The summed E-state index contributed by atoms with van der Waals surface area (Å²) in [6.45, 7) is -2.99. The fraction of sp³-hybridized carbons (Fsp3) is 0.350. The summed E-state index contributed by atoms with van der Waals surface area (Å²) in [4.78, 5) is 36.3. The molecule has 0 saturated carbocycles. The summed E-state index contributed by atoms with van der Waals surface area (Å²) in [7, 11) is -2.27. The van der Waals surface area contributed by atoms with Crippen LogP contribution < -0.4 is 10.1 Å². The summed E-state index contributed by atoms with van der Waals surface area (Å²) in [6, 6.07) is 5.79. The molecule has 10 nitrogen and oxygen atoms in total. The fourth-order valence-electron chi connectivity index (χ4n) is 3.18. The number of hydrogen-bond donors (Lipinski definition) is 1. The van der Waals surface area contributed by atoms with Crippen LogP contribution >= 0.6 is 0 Å². The Kier molecular flexibility index (Phi) is 7.43. The van der Waals surface area contributed by atoms with Gasteiger partial charge in [0.2, 0.25) is 10.0 Å². The highest BCUT2D eigenvalue weighted by Gasteiger charge is 2.30. The number of sulfonamides is 1. The van der Waals surface area contributed by atoms with Crippen LogP contribution in [-0.2, 0) is 26.6 Å². The van der Waals surface area contributed by atoms with Crippen molar-refractivity contribution in [2.75, 3.05) is 19.7 Å². The van der Waals surface area contributed by atoms with Gasteiger partial charge in [0.05, 0.1) is 0 Å². The number of carbonyl (C=O) groups excluding carboxylic acids is 3. The molecule has 13 heteroatoms. The zero-order valence-corrected chi connectivity index (χ0v) is 18.3. The van der Waals surface area contributed by atoms with Crippen LogP contribution in [0.15, 0.2) is 41.4 Å². The number of benzene rings is 1. The molecule has 1 aliphatic heterocycles. The van der Waals surface area contributed by atoms with Crippen LogP contribution in [0.2, 0.25) is 0 Å². The lowest BCUT2D eigenvalue weighted by Crippen LogP contribution is -2.34. The second-order valence-electron chi connectivity index (χ2n) is 7.14. The zero-order chi connectivity index (χ0) is 24.2. The summed E-state index contributed by atoms with van der Waals surface area (Å²) in [5.41, 5.74) is -0.0861. The summed E-state index contributed by atoms with van der Waals surface area (Å²) >= 11 is 0. The Morgan fingerprint density at radius 3 is 2.36 bits per heavy atom. The van der Waals surface area contributed by atoms with Gasteiger partial charge in [-0.3, -0.25) is 14.9 Å². The molecule has 0 radical (unpaired) electrons. The van der Waals surface area contributed by atoms with E-state index in [1.807, 2.05) is 5.32 Å². The quantitative estimate of drug-likeness (QED) is 0.563. The van der Waals surface area contributed by atoms with E-state index in [0.29, 0.717) is 13.1 Å². The highest BCUT2D eigenvalue weighted by atomic mass is 32.2. The van der Waals surface area contributed by atoms with Crippen molar-refractivity contribution >= 4 is 27.8 Å². The molecule has 1 saturated heterocycles. The van der Waals surface area contributed by atoms with Crippen LogP contribution in [0.3, 0.4) is 0 Å².